The second-order valence-corrected chi connectivity index (χ2v) is 3.26. The highest BCUT2D eigenvalue weighted by Crippen LogP contribution is 2.11. The lowest BCUT2D eigenvalue weighted by Crippen LogP contribution is -2.36. The van der Waals surface area contributed by atoms with E-state index in [0.29, 0.717) is 19.1 Å². The number of nitrogens with one attached hydrogen (secondary N) is 1. The second kappa shape index (κ2) is 4.72. The van der Waals surface area contributed by atoms with Crippen LogP contribution < -0.4 is 5.32 Å². The molecule has 0 saturated carbocycles. The average Bonchev–Trinajstić information content (AvgIpc) is 2.51. The Kier molecular flexibility index (Phi) is 3.88. The van der Waals surface area contributed by atoms with Crippen LogP contribution in [-0.2, 0) is 4.74 Å². The molecule has 0 aromatic heterocycles. The van der Waals surface area contributed by atoms with Crippen LogP contribution in [-0.4, -0.2) is 32.2 Å². The number of rotatable bonds is 4. The molecular formula is C8H15F2NO. The Morgan fingerprint density at radius 3 is 2.83 bits per heavy atom. The highest BCUT2D eigenvalue weighted by atomic mass is 19.3. The third-order valence-electron chi connectivity index (χ3n) is 2.13. The molecule has 2 unspecified atom stereocenters. The molecule has 1 N–H and O–H groups in total. The van der Waals surface area contributed by atoms with E-state index in [0.717, 1.165) is 13.0 Å². The topological polar surface area (TPSA) is 21.3 Å². The maximum absolute atomic E-state index is 12.0. The highest BCUT2D eigenvalue weighted by molar-refractivity contribution is 4.70. The van der Waals surface area contributed by atoms with Gasteiger partial charge in [-0.2, -0.15) is 0 Å². The summed E-state index contributed by atoms with van der Waals surface area (Å²) in [7, 11) is 0. The van der Waals surface area contributed by atoms with E-state index in [4.69, 9.17) is 4.74 Å². The highest BCUT2D eigenvalue weighted by Gasteiger charge is 2.19. The van der Waals surface area contributed by atoms with Gasteiger partial charge in [0.05, 0.1) is 12.6 Å². The Morgan fingerprint density at radius 2 is 2.33 bits per heavy atom. The first-order valence-corrected chi connectivity index (χ1v) is 4.29. The molecule has 0 aromatic carbocycles. The summed E-state index contributed by atoms with van der Waals surface area (Å²) in [5.74, 6) is 0.422. The van der Waals surface area contributed by atoms with Crippen LogP contribution in [0.25, 0.3) is 0 Å². The third kappa shape index (κ3) is 3.03. The Labute approximate surface area is 71.3 Å². The van der Waals surface area contributed by atoms with Gasteiger partial charge >= 0.3 is 0 Å². The molecule has 0 aromatic rings. The lowest BCUT2D eigenvalue weighted by Gasteiger charge is -2.15. The molecule has 2 nitrogen and oxygen atoms in total. The molecule has 1 heterocycles. The maximum Gasteiger partial charge on any atom is 0.253 e. The molecular weight excluding hydrogens is 164 g/mol. The molecule has 0 bridgehead atoms. The van der Waals surface area contributed by atoms with Gasteiger partial charge < -0.3 is 10.1 Å². The molecule has 1 aliphatic heterocycles. The van der Waals surface area contributed by atoms with Crippen molar-refractivity contribution in [3.63, 3.8) is 0 Å². The largest absolute Gasteiger partial charge is 0.381 e. The van der Waals surface area contributed by atoms with Crippen molar-refractivity contribution in [2.75, 3.05) is 19.8 Å². The van der Waals surface area contributed by atoms with Crippen LogP contribution in [0.3, 0.4) is 0 Å². The molecule has 1 fully saturated rings. The van der Waals surface area contributed by atoms with Gasteiger partial charge in [0.25, 0.3) is 6.43 Å². The van der Waals surface area contributed by atoms with Gasteiger partial charge in [-0.25, -0.2) is 8.78 Å². The first-order valence-electron chi connectivity index (χ1n) is 4.29. The van der Waals surface area contributed by atoms with Crippen LogP contribution in [0.1, 0.15) is 13.3 Å². The predicted octanol–water partition coefficient (Wildman–Crippen LogP) is 1.27. The average molecular weight is 179 g/mol. The van der Waals surface area contributed by atoms with Gasteiger partial charge in [0.2, 0.25) is 0 Å². The van der Waals surface area contributed by atoms with E-state index in [1.807, 2.05) is 0 Å². The molecule has 0 aliphatic carbocycles. The molecule has 1 saturated heterocycles. The number of ether oxygens (including phenoxy) is 1. The molecule has 0 amide bonds. The molecule has 2 atom stereocenters. The minimum Gasteiger partial charge on any atom is -0.381 e. The van der Waals surface area contributed by atoms with E-state index in [-0.39, 0.29) is 0 Å². The van der Waals surface area contributed by atoms with Gasteiger partial charge in [-0.3, -0.25) is 0 Å². The van der Waals surface area contributed by atoms with E-state index in [2.05, 4.69) is 5.32 Å². The van der Waals surface area contributed by atoms with E-state index >= 15 is 0 Å². The van der Waals surface area contributed by atoms with E-state index in [1.54, 1.807) is 0 Å². The van der Waals surface area contributed by atoms with Crippen LogP contribution in [0.4, 0.5) is 8.78 Å². The number of halogens is 2. The van der Waals surface area contributed by atoms with Crippen molar-refractivity contribution < 1.29 is 13.5 Å². The Bertz CT molecular complexity index is 124. The predicted molar refractivity (Wildman–Crippen MR) is 42.4 cm³/mol. The fourth-order valence-electron chi connectivity index (χ4n) is 1.19. The molecule has 0 radical (unpaired) electrons. The fraction of sp³-hybridized carbons (Fsp3) is 1.00. The van der Waals surface area contributed by atoms with Crippen LogP contribution in [0.5, 0.6) is 0 Å². The van der Waals surface area contributed by atoms with Gasteiger partial charge in [0, 0.05) is 13.2 Å². The summed E-state index contributed by atoms with van der Waals surface area (Å²) < 4.78 is 29.1. The van der Waals surface area contributed by atoms with Crippen LogP contribution >= 0.6 is 0 Å². The summed E-state index contributed by atoms with van der Waals surface area (Å²) in [5, 5.41) is 2.79. The van der Waals surface area contributed by atoms with Crippen molar-refractivity contribution in [1.29, 1.82) is 0 Å². The van der Waals surface area contributed by atoms with Crippen molar-refractivity contribution in [2.24, 2.45) is 5.92 Å². The van der Waals surface area contributed by atoms with Gasteiger partial charge in [-0.15, -0.1) is 0 Å². The quantitative estimate of drug-likeness (QED) is 0.701. The number of hydrogen-bond donors (Lipinski definition) is 1. The van der Waals surface area contributed by atoms with Gasteiger partial charge in [0.1, 0.15) is 0 Å². The summed E-state index contributed by atoms with van der Waals surface area (Å²) in [6.45, 7) is 3.63. The molecule has 0 spiro atoms. The van der Waals surface area contributed by atoms with Crippen LogP contribution in [0.15, 0.2) is 0 Å². The second-order valence-electron chi connectivity index (χ2n) is 3.26. The zero-order valence-electron chi connectivity index (χ0n) is 7.22. The minimum atomic E-state index is -2.27. The van der Waals surface area contributed by atoms with Gasteiger partial charge in [-0.1, -0.05) is 0 Å². The van der Waals surface area contributed by atoms with Gasteiger partial charge in [-0.05, 0) is 19.3 Å². The number of alkyl halides is 2. The van der Waals surface area contributed by atoms with Crippen molar-refractivity contribution in [3.8, 4) is 0 Å². The zero-order chi connectivity index (χ0) is 8.97. The van der Waals surface area contributed by atoms with E-state index < -0.39 is 12.5 Å². The Balaban J connectivity index is 2.07. The van der Waals surface area contributed by atoms with Crippen molar-refractivity contribution >= 4 is 0 Å². The standard InChI is InChI=1S/C8H15F2NO/c1-6(8(9)10)11-4-7-2-3-12-5-7/h6-8,11H,2-5H2,1H3. The first kappa shape index (κ1) is 9.86. The summed E-state index contributed by atoms with van der Waals surface area (Å²) in [5.41, 5.74) is 0. The normalized spacial score (nSPS) is 26.5. The summed E-state index contributed by atoms with van der Waals surface area (Å²) >= 11 is 0. The molecule has 12 heavy (non-hydrogen) atoms. The van der Waals surface area contributed by atoms with Crippen molar-refractivity contribution in [2.45, 2.75) is 25.8 Å². The van der Waals surface area contributed by atoms with Crippen LogP contribution in [0.2, 0.25) is 0 Å². The maximum atomic E-state index is 12.0. The molecule has 1 aliphatic rings. The lowest BCUT2D eigenvalue weighted by atomic mass is 10.1. The SMILES string of the molecule is CC(NCC1CCOC1)C(F)F. The smallest absolute Gasteiger partial charge is 0.253 e. The Hall–Kier alpha value is -0.220. The summed E-state index contributed by atoms with van der Waals surface area (Å²) in [6, 6.07) is -0.703. The molecule has 72 valence electrons. The summed E-state index contributed by atoms with van der Waals surface area (Å²) in [4.78, 5) is 0. The van der Waals surface area contributed by atoms with Crippen molar-refractivity contribution in [1.82, 2.24) is 5.32 Å². The van der Waals surface area contributed by atoms with E-state index in [1.165, 1.54) is 6.92 Å². The third-order valence-corrected chi connectivity index (χ3v) is 2.13. The fourth-order valence-corrected chi connectivity index (χ4v) is 1.19. The molecule has 1 rings (SSSR count). The Morgan fingerprint density at radius 1 is 1.58 bits per heavy atom. The van der Waals surface area contributed by atoms with Crippen molar-refractivity contribution in [3.05, 3.63) is 0 Å². The molecule has 4 heteroatoms. The lowest BCUT2D eigenvalue weighted by molar-refractivity contribution is 0.103. The van der Waals surface area contributed by atoms with Gasteiger partial charge in [0.15, 0.2) is 0 Å². The van der Waals surface area contributed by atoms with E-state index in [9.17, 15) is 8.78 Å². The minimum absolute atomic E-state index is 0.422. The first-order chi connectivity index (χ1) is 5.70. The number of hydrogen-bond acceptors (Lipinski definition) is 2. The van der Waals surface area contributed by atoms with Crippen LogP contribution in [0, 0.1) is 5.92 Å². The monoisotopic (exact) mass is 179 g/mol. The zero-order valence-corrected chi connectivity index (χ0v) is 7.22. The summed E-state index contributed by atoms with van der Waals surface area (Å²) in [6.07, 6.45) is -1.28.